The maximum Gasteiger partial charge on any atom is 0.172 e. The van der Waals surface area contributed by atoms with Crippen molar-refractivity contribution in [2.45, 2.75) is 13.8 Å². The van der Waals surface area contributed by atoms with Gasteiger partial charge in [-0.25, -0.2) is 0 Å². The van der Waals surface area contributed by atoms with E-state index in [0.717, 1.165) is 38.2 Å². The van der Waals surface area contributed by atoms with Crippen molar-refractivity contribution in [2.75, 3.05) is 0 Å². The van der Waals surface area contributed by atoms with Crippen LogP contribution in [-0.2, 0) is 4.57 Å². The fourth-order valence-electron chi connectivity index (χ4n) is 4.32. The van der Waals surface area contributed by atoms with Crippen molar-refractivity contribution < 1.29 is 4.57 Å². The normalized spacial score (nSPS) is 17.8. The number of hydrogen-bond acceptors (Lipinski definition) is 1. The van der Waals surface area contributed by atoms with Crippen LogP contribution in [-0.4, -0.2) is 0 Å². The fraction of sp³-hybridized carbons (Fsp3) is 0.0714. The van der Waals surface area contributed by atoms with Gasteiger partial charge in [-0.05, 0) is 30.5 Å². The van der Waals surface area contributed by atoms with E-state index in [1.54, 1.807) is 0 Å². The Hall–Kier alpha value is -3.15. The van der Waals surface area contributed by atoms with Crippen molar-refractivity contribution in [3.8, 4) is 0 Å². The second kappa shape index (κ2) is 7.27. The van der Waals surface area contributed by atoms with Crippen LogP contribution in [0.4, 0.5) is 0 Å². The first kappa shape index (κ1) is 18.9. The highest BCUT2D eigenvalue weighted by molar-refractivity contribution is 7.88. The molecule has 30 heavy (non-hydrogen) atoms. The van der Waals surface area contributed by atoms with Crippen molar-refractivity contribution in [1.82, 2.24) is 0 Å². The zero-order valence-corrected chi connectivity index (χ0v) is 18.1. The monoisotopic (exact) mass is 406 g/mol. The standard InChI is InChI=1S/C28H23OP/c1-20-12-16-22(17-13-20)27-25-10-6-7-11-26(25)30(29,24-8-4-3-5-9-24)28(27)23-18-14-21(2)15-19-23/h3-19H,1-2H3. The van der Waals surface area contributed by atoms with Crippen LogP contribution in [0.25, 0.3) is 10.9 Å². The van der Waals surface area contributed by atoms with Gasteiger partial charge < -0.3 is 4.57 Å². The van der Waals surface area contributed by atoms with Gasteiger partial charge in [0.2, 0.25) is 0 Å². The molecule has 4 aromatic rings. The Balaban J connectivity index is 1.91. The van der Waals surface area contributed by atoms with Crippen LogP contribution < -0.4 is 10.6 Å². The van der Waals surface area contributed by atoms with Crippen molar-refractivity contribution in [2.24, 2.45) is 0 Å². The zero-order valence-electron chi connectivity index (χ0n) is 17.2. The van der Waals surface area contributed by atoms with Crippen LogP contribution in [0.15, 0.2) is 103 Å². The lowest BCUT2D eigenvalue weighted by Crippen LogP contribution is -2.15. The maximum absolute atomic E-state index is 15.0. The molecule has 0 spiro atoms. The summed E-state index contributed by atoms with van der Waals surface area (Å²) in [4.78, 5) is 0. The lowest BCUT2D eigenvalue weighted by atomic mass is 9.95. The van der Waals surface area contributed by atoms with Gasteiger partial charge in [0.1, 0.15) is 0 Å². The van der Waals surface area contributed by atoms with E-state index in [1.807, 2.05) is 48.5 Å². The van der Waals surface area contributed by atoms with E-state index in [0.29, 0.717) is 0 Å². The predicted molar refractivity (Wildman–Crippen MR) is 128 cm³/mol. The third kappa shape index (κ3) is 2.90. The topological polar surface area (TPSA) is 17.1 Å². The van der Waals surface area contributed by atoms with Crippen LogP contribution in [0.3, 0.4) is 0 Å². The summed E-state index contributed by atoms with van der Waals surface area (Å²) in [5, 5.41) is 2.76. The van der Waals surface area contributed by atoms with E-state index in [2.05, 4.69) is 68.4 Å². The summed E-state index contributed by atoms with van der Waals surface area (Å²) in [7, 11) is -3.01. The molecule has 0 aromatic heterocycles. The fourth-order valence-corrected chi connectivity index (χ4v) is 7.59. The highest BCUT2D eigenvalue weighted by Crippen LogP contribution is 2.65. The van der Waals surface area contributed by atoms with Gasteiger partial charge in [0.05, 0.1) is 0 Å². The molecule has 0 aliphatic carbocycles. The van der Waals surface area contributed by atoms with Gasteiger partial charge >= 0.3 is 0 Å². The summed E-state index contributed by atoms with van der Waals surface area (Å²) >= 11 is 0. The second-order valence-corrected chi connectivity index (χ2v) is 10.6. The second-order valence-electron chi connectivity index (χ2n) is 7.92. The van der Waals surface area contributed by atoms with E-state index >= 15 is 4.57 Å². The first-order chi connectivity index (χ1) is 14.6. The molecule has 0 saturated heterocycles. The Labute approximate surface area is 178 Å². The Kier molecular flexibility index (Phi) is 4.57. The highest BCUT2D eigenvalue weighted by Gasteiger charge is 2.43. The molecule has 5 rings (SSSR count). The minimum Gasteiger partial charge on any atom is -0.309 e. The van der Waals surface area contributed by atoms with Crippen LogP contribution in [0.2, 0.25) is 0 Å². The molecule has 1 nitrogen and oxygen atoms in total. The number of aryl methyl sites for hydroxylation is 2. The summed E-state index contributed by atoms with van der Waals surface area (Å²) in [5.41, 5.74) is 6.71. The van der Waals surface area contributed by atoms with Gasteiger partial charge in [0, 0.05) is 21.5 Å². The highest BCUT2D eigenvalue weighted by atomic mass is 31.2. The van der Waals surface area contributed by atoms with E-state index in [4.69, 9.17) is 0 Å². The number of benzene rings is 4. The predicted octanol–water partition coefficient (Wildman–Crippen LogP) is 6.55. The number of hydrogen-bond donors (Lipinski definition) is 0. The van der Waals surface area contributed by atoms with Gasteiger partial charge in [-0.15, -0.1) is 0 Å². The first-order valence-electron chi connectivity index (χ1n) is 10.2. The smallest absolute Gasteiger partial charge is 0.172 e. The van der Waals surface area contributed by atoms with E-state index in [9.17, 15) is 0 Å². The molecule has 1 heterocycles. The molecule has 0 fully saturated rings. The molecular weight excluding hydrogens is 383 g/mol. The maximum atomic E-state index is 15.0. The average molecular weight is 406 g/mol. The summed E-state index contributed by atoms with van der Waals surface area (Å²) in [6.45, 7) is 4.18. The van der Waals surface area contributed by atoms with Gasteiger partial charge in [-0.1, -0.05) is 114 Å². The Bertz CT molecular complexity index is 1300. The molecule has 1 unspecified atom stereocenters. The van der Waals surface area contributed by atoms with Crippen LogP contribution in [0.5, 0.6) is 0 Å². The van der Waals surface area contributed by atoms with Gasteiger partial charge in [0.25, 0.3) is 0 Å². The zero-order chi connectivity index (χ0) is 20.7. The lowest BCUT2D eigenvalue weighted by Gasteiger charge is -2.19. The SMILES string of the molecule is Cc1ccc(C2=C(c3ccc(C)cc3)P(=O)(c3ccccc3)c3ccccc32)cc1. The Morgan fingerprint density at radius 2 is 1.10 bits per heavy atom. The molecule has 0 amide bonds. The van der Waals surface area contributed by atoms with Crippen LogP contribution in [0.1, 0.15) is 27.8 Å². The molecule has 0 N–H and O–H groups in total. The van der Waals surface area contributed by atoms with Gasteiger partial charge in [0.15, 0.2) is 7.14 Å². The molecule has 146 valence electrons. The van der Waals surface area contributed by atoms with Crippen molar-refractivity contribution in [1.29, 1.82) is 0 Å². The first-order valence-corrected chi connectivity index (χ1v) is 11.9. The van der Waals surface area contributed by atoms with Gasteiger partial charge in [-0.2, -0.15) is 0 Å². The molecule has 1 atom stereocenters. The molecule has 1 aliphatic heterocycles. The summed E-state index contributed by atoms with van der Waals surface area (Å²) < 4.78 is 15.0. The molecule has 2 heteroatoms. The van der Waals surface area contributed by atoms with Crippen LogP contribution in [0, 0.1) is 13.8 Å². The third-order valence-corrected chi connectivity index (χ3v) is 9.05. The van der Waals surface area contributed by atoms with E-state index < -0.39 is 7.14 Å². The summed E-state index contributed by atoms with van der Waals surface area (Å²) in [5.74, 6) is 0. The average Bonchev–Trinajstić information content (AvgIpc) is 3.06. The molecule has 0 radical (unpaired) electrons. The molecule has 0 saturated carbocycles. The molecule has 4 aromatic carbocycles. The van der Waals surface area contributed by atoms with Gasteiger partial charge in [-0.3, -0.25) is 0 Å². The van der Waals surface area contributed by atoms with Crippen molar-refractivity contribution >= 4 is 28.6 Å². The largest absolute Gasteiger partial charge is 0.309 e. The third-order valence-electron chi connectivity index (χ3n) is 5.85. The molecule has 1 aliphatic rings. The summed E-state index contributed by atoms with van der Waals surface area (Å²) in [6, 6.07) is 35.1. The van der Waals surface area contributed by atoms with Crippen molar-refractivity contribution in [3.05, 3.63) is 131 Å². The Morgan fingerprint density at radius 1 is 0.567 bits per heavy atom. The quantitative estimate of drug-likeness (QED) is 0.353. The minimum atomic E-state index is -3.01. The van der Waals surface area contributed by atoms with Crippen molar-refractivity contribution in [3.63, 3.8) is 0 Å². The lowest BCUT2D eigenvalue weighted by molar-refractivity contribution is 0.593. The van der Waals surface area contributed by atoms with E-state index in [1.165, 1.54) is 11.1 Å². The summed E-state index contributed by atoms with van der Waals surface area (Å²) in [6.07, 6.45) is 0. The number of fused-ring (bicyclic) bond motifs is 1. The Morgan fingerprint density at radius 3 is 1.73 bits per heavy atom. The molecular formula is C28H23OP. The van der Waals surface area contributed by atoms with E-state index in [-0.39, 0.29) is 0 Å². The minimum absolute atomic E-state index is 0.884. The number of rotatable bonds is 3. The van der Waals surface area contributed by atoms with Crippen LogP contribution >= 0.6 is 7.14 Å². The molecule has 0 bridgehead atoms.